The number of hydrogen-bond acceptors (Lipinski definition) is 5. The van der Waals surface area contributed by atoms with Gasteiger partial charge in [0.05, 0.1) is 5.69 Å². The highest BCUT2D eigenvalue weighted by atomic mass is 32.2. The third-order valence-electron chi connectivity index (χ3n) is 4.04. The zero-order valence-corrected chi connectivity index (χ0v) is 13.3. The Morgan fingerprint density at radius 1 is 1.30 bits per heavy atom. The van der Waals surface area contributed by atoms with Crippen LogP contribution in [0, 0.1) is 11.3 Å². The minimum atomic E-state index is 0.406. The van der Waals surface area contributed by atoms with Crippen LogP contribution in [0.2, 0.25) is 0 Å². The molecule has 0 amide bonds. The van der Waals surface area contributed by atoms with E-state index in [0.717, 1.165) is 30.5 Å². The van der Waals surface area contributed by atoms with Gasteiger partial charge in [-0.3, -0.25) is 0 Å². The van der Waals surface area contributed by atoms with Crippen molar-refractivity contribution < 1.29 is 0 Å². The molecule has 1 fully saturated rings. The van der Waals surface area contributed by atoms with Gasteiger partial charge in [-0.25, -0.2) is 0 Å². The minimum absolute atomic E-state index is 0.406. The van der Waals surface area contributed by atoms with E-state index < -0.39 is 0 Å². The van der Waals surface area contributed by atoms with Gasteiger partial charge in [-0.15, -0.1) is 5.10 Å². The van der Waals surface area contributed by atoms with E-state index in [1.165, 1.54) is 12.8 Å². The first-order valence-corrected chi connectivity index (χ1v) is 8.61. The number of aryl methyl sites for hydroxylation is 1. The molecule has 1 aromatic heterocycles. The second-order valence-corrected chi connectivity index (χ2v) is 6.20. The van der Waals surface area contributed by atoms with Crippen molar-refractivity contribution in [2.75, 3.05) is 11.6 Å². The van der Waals surface area contributed by atoms with Crippen molar-refractivity contribution in [2.24, 2.45) is 0 Å². The quantitative estimate of drug-likeness (QED) is 0.902. The Balaban J connectivity index is 2.30. The first kappa shape index (κ1) is 15.1. The molecule has 2 rings (SSSR count). The molecule has 5 heteroatoms. The Labute approximate surface area is 125 Å². The Morgan fingerprint density at radius 3 is 2.70 bits per heavy atom. The molecule has 20 heavy (non-hydrogen) atoms. The number of thioether (sulfide) groups is 1. The Kier molecular flexibility index (Phi) is 5.24. The summed E-state index contributed by atoms with van der Waals surface area (Å²) in [6.07, 6.45) is 7.43. The second-order valence-electron chi connectivity index (χ2n) is 5.12. The van der Waals surface area contributed by atoms with E-state index in [-0.39, 0.29) is 0 Å². The summed E-state index contributed by atoms with van der Waals surface area (Å²) in [5.41, 5.74) is 2.68. The molecular formula is C15H22N4S. The Morgan fingerprint density at radius 2 is 2.10 bits per heavy atom. The summed E-state index contributed by atoms with van der Waals surface area (Å²) in [6.45, 7) is 4.12. The molecule has 1 aliphatic rings. The van der Waals surface area contributed by atoms with Gasteiger partial charge in [-0.05, 0) is 37.5 Å². The average Bonchev–Trinajstić information content (AvgIpc) is 2.93. The monoisotopic (exact) mass is 290 g/mol. The van der Waals surface area contributed by atoms with Gasteiger partial charge in [0.2, 0.25) is 0 Å². The van der Waals surface area contributed by atoms with Crippen LogP contribution < -0.4 is 5.32 Å². The van der Waals surface area contributed by atoms with Crippen LogP contribution in [0.5, 0.6) is 0 Å². The van der Waals surface area contributed by atoms with Crippen LogP contribution in [0.1, 0.15) is 49.9 Å². The molecule has 0 saturated heterocycles. The smallest absolute Gasteiger partial charge is 0.167 e. The van der Waals surface area contributed by atoms with Gasteiger partial charge in [0, 0.05) is 11.3 Å². The molecule has 1 heterocycles. The third-order valence-corrected chi connectivity index (χ3v) is 5.21. The van der Waals surface area contributed by atoms with Crippen molar-refractivity contribution in [3.63, 3.8) is 0 Å². The fraction of sp³-hybridized carbons (Fsp3) is 0.667. The summed E-state index contributed by atoms with van der Waals surface area (Å²) < 4.78 is 0. The van der Waals surface area contributed by atoms with Crippen LogP contribution >= 0.6 is 11.8 Å². The van der Waals surface area contributed by atoms with Crippen LogP contribution in [-0.2, 0) is 12.8 Å². The molecule has 1 aliphatic carbocycles. The zero-order chi connectivity index (χ0) is 14.5. The highest BCUT2D eigenvalue weighted by Gasteiger charge is 2.28. The van der Waals surface area contributed by atoms with E-state index in [1.807, 2.05) is 11.8 Å². The van der Waals surface area contributed by atoms with Gasteiger partial charge in [0.25, 0.3) is 0 Å². The number of nitriles is 1. The number of hydrogen-bond donors (Lipinski definition) is 1. The van der Waals surface area contributed by atoms with Crippen LogP contribution in [-0.4, -0.2) is 27.7 Å². The maximum Gasteiger partial charge on any atom is 0.167 e. The van der Waals surface area contributed by atoms with E-state index in [0.29, 0.717) is 22.7 Å². The fourth-order valence-corrected chi connectivity index (χ4v) is 3.88. The van der Waals surface area contributed by atoms with Crippen molar-refractivity contribution in [3.05, 3.63) is 16.8 Å². The molecule has 0 spiro atoms. The highest BCUT2D eigenvalue weighted by Crippen LogP contribution is 2.31. The lowest BCUT2D eigenvalue weighted by molar-refractivity contribution is 0.752. The summed E-state index contributed by atoms with van der Waals surface area (Å²) in [7, 11) is 0. The number of nitrogens with zero attached hydrogens (tertiary/aromatic N) is 3. The van der Waals surface area contributed by atoms with E-state index >= 15 is 0 Å². The first-order valence-electron chi connectivity index (χ1n) is 7.32. The summed E-state index contributed by atoms with van der Waals surface area (Å²) in [5.74, 6) is 0.674. The summed E-state index contributed by atoms with van der Waals surface area (Å²) in [5, 5.41) is 22.1. The topological polar surface area (TPSA) is 61.6 Å². The first-order chi connectivity index (χ1) is 9.74. The second kappa shape index (κ2) is 6.94. The number of nitrogens with one attached hydrogen (secondary N) is 1. The standard InChI is InChI=1S/C15H22N4S/c1-4-10-11(9-16)15(19-18-12(10)5-2)17-13-7-6-8-14(13)20-3/h13-14H,4-8H2,1-3H3,(H,17,19). The lowest BCUT2D eigenvalue weighted by Crippen LogP contribution is -2.27. The lowest BCUT2D eigenvalue weighted by Gasteiger charge is -2.21. The van der Waals surface area contributed by atoms with E-state index in [9.17, 15) is 5.26 Å². The van der Waals surface area contributed by atoms with Crippen molar-refractivity contribution >= 4 is 17.6 Å². The molecule has 108 valence electrons. The van der Waals surface area contributed by atoms with Gasteiger partial charge < -0.3 is 5.32 Å². The minimum Gasteiger partial charge on any atom is -0.364 e. The normalized spacial score (nSPS) is 21.7. The molecule has 2 atom stereocenters. The van der Waals surface area contributed by atoms with Crippen LogP contribution in [0.3, 0.4) is 0 Å². The van der Waals surface area contributed by atoms with E-state index in [4.69, 9.17) is 0 Å². The molecule has 1 aromatic rings. The molecule has 0 bridgehead atoms. The lowest BCUT2D eigenvalue weighted by atomic mass is 10.0. The van der Waals surface area contributed by atoms with Crippen molar-refractivity contribution in [1.82, 2.24) is 10.2 Å². The molecule has 0 aromatic carbocycles. The molecule has 2 unspecified atom stereocenters. The molecule has 0 aliphatic heterocycles. The van der Waals surface area contributed by atoms with E-state index in [2.05, 4.69) is 41.7 Å². The fourth-order valence-electron chi connectivity index (χ4n) is 2.94. The van der Waals surface area contributed by atoms with Crippen LogP contribution in [0.25, 0.3) is 0 Å². The largest absolute Gasteiger partial charge is 0.364 e. The van der Waals surface area contributed by atoms with Crippen molar-refractivity contribution in [1.29, 1.82) is 5.26 Å². The highest BCUT2D eigenvalue weighted by molar-refractivity contribution is 7.99. The predicted molar refractivity (Wildman–Crippen MR) is 84.1 cm³/mol. The maximum atomic E-state index is 9.48. The van der Waals surface area contributed by atoms with Crippen molar-refractivity contribution in [2.45, 2.75) is 57.2 Å². The molecule has 1 saturated carbocycles. The number of rotatable bonds is 5. The summed E-state index contributed by atoms with van der Waals surface area (Å²) in [6, 6.07) is 2.73. The maximum absolute atomic E-state index is 9.48. The van der Waals surface area contributed by atoms with Gasteiger partial charge in [0.1, 0.15) is 11.6 Å². The number of anilines is 1. The molecule has 0 radical (unpaired) electrons. The Bertz CT molecular complexity index is 509. The molecule has 1 N–H and O–H groups in total. The third kappa shape index (κ3) is 2.90. The molecule has 4 nitrogen and oxygen atoms in total. The summed E-state index contributed by atoms with van der Waals surface area (Å²) >= 11 is 1.90. The zero-order valence-electron chi connectivity index (χ0n) is 12.4. The van der Waals surface area contributed by atoms with Crippen LogP contribution in [0.4, 0.5) is 5.82 Å². The predicted octanol–water partition coefficient (Wildman–Crippen LogP) is 3.17. The summed E-state index contributed by atoms with van der Waals surface area (Å²) in [4.78, 5) is 0. The average molecular weight is 290 g/mol. The van der Waals surface area contributed by atoms with Gasteiger partial charge in [0.15, 0.2) is 5.82 Å². The number of aromatic nitrogens is 2. The Hall–Kier alpha value is -1.28. The van der Waals surface area contributed by atoms with E-state index in [1.54, 1.807) is 0 Å². The van der Waals surface area contributed by atoms with Crippen molar-refractivity contribution in [3.8, 4) is 6.07 Å². The SMILES string of the molecule is CCc1nnc(NC2CCCC2SC)c(C#N)c1CC. The van der Waals surface area contributed by atoms with Gasteiger partial charge in [-0.1, -0.05) is 20.3 Å². The van der Waals surface area contributed by atoms with Gasteiger partial charge in [-0.2, -0.15) is 22.1 Å². The van der Waals surface area contributed by atoms with Crippen LogP contribution in [0.15, 0.2) is 0 Å². The van der Waals surface area contributed by atoms with Gasteiger partial charge >= 0.3 is 0 Å². The molecular weight excluding hydrogens is 268 g/mol.